The van der Waals surface area contributed by atoms with Gasteiger partial charge in [0.05, 0.1) is 12.0 Å². The summed E-state index contributed by atoms with van der Waals surface area (Å²) in [6, 6.07) is 0. The van der Waals surface area contributed by atoms with Gasteiger partial charge < -0.3 is 25.4 Å². The summed E-state index contributed by atoms with van der Waals surface area (Å²) in [7, 11) is 0. The van der Waals surface area contributed by atoms with E-state index in [1.807, 2.05) is 0 Å². The van der Waals surface area contributed by atoms with Gasteiger partial charge >= 0.3 is 0 Å². The van der Waals surface area contributed by atoms with Gasteiger partial charge in [-0.3, -0.25) is 4.79 Å². The Labute approximate surface area is 97.9 Å². The van der Waals surface area contributed by atoms with Crippen LogP contribution in [0, 0.1) is 5.92 Å². The van der Waals surface area contributed by atoms with Gasteiger partial charge in [0.15, 0.2) is 0 Å². The number of aliphatic hydroxyl groups excluding tert-OH is 2. The van der Waals surface area contributed by atoms with Crippen molar-refractivity contribution >= 4 is 5.91 Å². The second kappa shape index (κ2) is 3.44. The summed E-state index contributed by atoms with van der Waals surface area (Å²) in [5.74, 6) is -1.02. The van der Waals surface area contributed by atoms with Gasteiger partial charge in [-0.2, -0.15) is 0 Å². The molecule has 3 aliphatic rings. The second-order valence-electron chi connectivity index (χ2n) is 4.99. The first-order valence-electron chi connectivity index (χ1n) is 5.76. The van der Waals surface area contributed by atoms with Crippen LogP contribution in [0.3, 0.4) is 0 Å². The summed E-state index contributed by atoms with van der Waals surface area (Å²) < 4.78 is 5.28. The highest BCUT2D eigenvalue weighted by molar-refractivity contribution is 5.88. The summed E-state index contributed by atoms with van der Waals surface area (Å²) in [6.07, 6.45) is 0.572. The smallest absolute Gasteiger partial charge is 0.247 e. The van der Waals surface area contributed by atoms with Crippen LogP contribution in [-0.2, 0) is 9.53 Å². The number of hydrogen-bond donors (Lipinski definition) is 4. The molecule has 0 spiro atoms. The number of epoxide rings is 1. The molecule has 0 radical (unpaired) electrons. The highest BCUT2D eigenvalue weighted by atomic mass is 16.6. The first-order chi connectivity index (χ1) is 8.02. The molecular formula is C11H15NO5. The molecule has 2 aliphatic heterocycles. The van der Waals surface area contributed by atoms with Crippen LogP contribution in [0.1, 0.15) is 12.8 Å². The maximum atomic E-state index is 11.0. The SMILES string of the molecule is O=C1C=C(O)C(C2(O)CCC(O)C3OC32)CN1. The molecule has 4 N–H and O–H groups in total. The molecule has 0 aromatic heterocycles. The normalized spacial score (nSPS) is 49.1. The number of nitrogens with one attached hydrogen (secondary N) is 1. The molecule has 0 bridgehead atoms. The Bertz CT molecular complexity index is 395. The Morgan fingerprint density at radius 3 is 3.00 bits per heavy atom. The Morgan fingerprint density at radius 2 is 2.29 bits per heavy atom. The lowest BCUT2D eigenvalue weighted by Gasteiger charge is -2.39. The summed E-state index contributed by atoms with van der Waals surface area (Å²) in [6.45, 7) is 0.195. The van der Waals surface area contributed by atoms with Crippen molar-refractivity contribution < 1.29 is 24.9 Å². The molecule has 94 valence electrons. The quantitative estimate of drug-likeness (QED) is 0.433. The van der Waals surface area contributed by atoms with Crippen LogP contribution in [0.2, 0.25) is 0 Å². The van der Waals surface area contributed by atoms with Crippen molar-refractivity contribution in [3.8, 4) is 0 Å². The fourth-order valence-corrected chi connectivity index (χ4v) is 2.90. The molecule has 2 heterocycles. The van der Waals surface area contributed by atoms with E-state index in [1.165, 1.54) is 0 Å². The summed E-state index contributed by atoms with van der Waals surface area (Å²) >= 11 is 0. The zero-order valence-corrected chi connectivity index (χ0v) is 9.17. The van der Waals surface area contributed by atoms with Crippen LogP contribution in [-0.4, -0.2) is 51.7 Å². The minimum absolute atomic E-state index is 0.109. The van der Waals surface area contributed by atoms with Crippen molar-refractivity contribution in [2.24, 2.45) is 5.92 Å². The highest BCUT2D eigenvalue weighted by Crippen LogP contribution is 2.48. The molecule has 6 nitrogen and oxygen atoms in total. The van der Waals surface area contributed by atoms with Crippen LogP contribution >= 0.6 is 0 Å². The topological polar surface area (TPSA) is 102 Å². The third kappa shape index (κ3) is 1.55. The van der Waals surface area contributed by atoms with Gasteiger partial charge in [0.1, 0.15) is 23.6 Å². The summed E-state index contributed by atoms with van der Waals surface area (Å²) in [5, 5.41) is 32.5. The Hall–Kier alpha value is -1.11. The van der Waals surface area contributed by atoms with Crippen molar-refractivity contribution in [2.45, 2.75) is 36.8 Å². The first-order valence-corrected chi connectivity index (χ1v) is 5.76. The number of carbonyl (C=O) groups excluding carboxylic acids is 1. The van der Waals surface area contributed by atoms with Gasteiger partial charge in [-0.25, -0.2) is 0 Å². The van der Waals surface area contributed by atoms with Crippen molar-refractivity contribution in [3.63, 3.8) is 0 Å². The molecule has 17 heavy (non-hydrogen) atoms. The van der Waals surface area contributed by atoms with Gasteiger partial charge in [-0.15, -0.1) is 0 Å². The largest absolute Gasteiger partial charge is 0.512 e. The lowest BCUT2D eigenvalue weighted by atomic mass is 9.73. The van der Waals surface area contributed by atoms with Crippen LogP contribution < -0.4 is 5.32 Å². The van der Waals surface area contributed by atoms with Crippen LogP contribution in [0.5, 0.6) is 0 Å². The number of amides is 1. The molecule has 6 heteroatoms. The van der Waals surface area contributed by atoms with E-state index >= 15 is 0 Å². The zero-order chi connectivity index (χ0) is 12.2. The van der Waals surface area contributed by atoms with Gasteiger partial charge in [-0.1, -0.05) is 0 Å². The number of ether oxygens (including phenoxy) is 1. The Morgan fingerprint density at radius 1 is 1.53 bits per heavy atom. The number of rotatable bonds is 1. The fraction of sp³-hybridized carbons (Fsp3) is 0.727. The van der Waals surface area contributed by atoms with E-state index < -0.39 is 23.7 Å². The van der Waals surface area contributed by atoms with E-state index in [1.54, 1.807) is 0 Å². The van der Waals surface area contributed by atoms with Crippen LogP contribution in [0.25, 0.3) is 0 Å². The Balaban J connectivity index is 1.84. The average molecular weight is 241 g/mol. The lowest BCUT2D eigenvalue weighted by molar-refractivity contribution is -0.119. The van der Waals surface area contributed by atoms with Gasteiger partial charge in [0.2, 0.25) is 5.91 Å². The van der Waals surface area contributed by atoms with Crippen molar-refractivity contribution in [1.29, 1.82) is 0 Å². The standard InChI is InChI=1S/C11H15NO5/c13-6-1-2-11(16,10-9(6)17-10)5-4-12-8(15)3-7(5)14/h3,5-6,9-10,13-14,16H,1-2,4H2,(H,12,15). The second-order valence-corrected chi connectivity index (χ2v) is 4.99. The van der Waals surface area contributed by atoms with Crippen molar-refractivity contribution in [2.75, 3.05) is 6.54 Å². The molecule has 0 aromatic rings. The van der Waals surface area contributed by atoms with E-state index in [-0.39, 0.29) is 24.3 Å². The lowest BCUT2D eigenvalue weighted by Crippen LogP contribution is -2.54. The molecule has 1 saturated heterocycles. The number of carbonyl (C=O) groups is 1. The van der Waals surface area contributed by atoms with E-state index in [0.717, 1.165) is 6.08 Å². The van der Waals surface area contributed by atoms with E-state index in [9.17, 15) is 20.1 Å². The third-order valence-corrected chi connectivity index (χ3v) is 3.96. The predicted octanol–water partition coefficient (Wildman–Crippen LogP) is -1.17. The molecule has 1 aliphatic carbocycles. The van der Waals surface area contributed by atoms with Crippen LogP contribution in [0.15, 0.2) is 11.8 Å². The minimum Gasteiger partial charge on any atom is -0.512 e. The molecule has 1 saturated carbocycles. The predicted molar refractivity (Wildman–Crippen MR) is 56.1 cm³/mol. The van der Waals surface area contributed by atoms with E-state index in [4.69, 9.17) is 4.74 Å². The molecular weight excluding hydrogens is 226 g/mol. The average Bonchev–Trinajstić information content (AvgIpc) is 3.05. The fourth-order valence-electron chi connectivity index (χ4n) is 2.90. The van der Waals surface area contributed by atoms with Gasteiger partial charge in [0.25, 0.3) is 0 Å². The molecule has 5 atom stereocenters. The molecule has 1 amide bonds. The van der Waals surface area contributed by atoms with E-state index in [2.05, 4.69) is 5.32 Å². The van der Waals surface area contributed by atoms with E-state index in [0.29, 0.717) is 12.8 Å². The minimum atomic E-state index is -1.20. The van der Waals surface area contributed by atoms with Crippen molar-refractivity contribution in [3.05, 3.63) is 11.8 Å². The first kappa shape index (κ1) is 11.0. The van der Waals surface area contributed by atoms with Crippen LogP contribution in [0.4, 0.5) is 0 Å². The number of fused-ring (bicyclic) bond motifs is 1. The maximum Gasteiger partial charge on any atom is 0.247 e. The highest BCUT2D eigenvalue weighted by Gasteiger charge is 2.63. The molecule has 2 fully saturated rings. The zero-order valence-electron chi connectivity index (χ0n) is 9.17. The summed E-state index contributed by atoms with van der Waals surface area (Å²) in [4.78, 5) is 11.0. The maximum absolute atomic E-state index is 11.0. The third-order valence-electron chi connectivity index (χ3n) is 3.96. The summed E-state index contributed by atoms with van der Waals surface area (Å²) in [5.41, 5.74) is -1.20. The molecule has 5 unspecified atom stereocenters. The molecule has 0 aromatic carbocycles. The molecule has 3 rings (SSSR count). The van der Waals surface area contributed by atoms with Gasteiger partial charge in [0, 0.05) is 12.6 Å². The number of aliphatic hydroxyl groups is 3. The monoisotopic (exact) mass is 241 g/mol. The van der Waals surface area contributed by atoms with Gasteiger partial charge in [-0.05, 0) is 12.8 Å². The van der Waals surface area contributed by atoms with Crippen molar-refractivity contribution in [1.82, 2.24) is 5.32 Å². The Kier molecular flexibility index (Phi) is 2.23. The number of hydrogen-bond acceptors (Lipinski definition) is 5.